The van der Waals surface area contributed by atoms with Crippen molar-refractivity contribution in [2.45, 2.75) is 19.1 Å². The van der Waals surface area contributed by atoms with Gasteiger partial charge in [0.05, 0.1) is 5.56 Å². The van der Waals surface area contributed by atoms with E-state index in [1.165, 1.54) is 0 Å². The number of nitrogens with two attached hydrogens (primary N) is 1. The Balaban J connectivity index is 2.30. The monoisotopic (exact) mass is 252 g/mol. The van der Waals surface area contributed by atoms with Crippen LogP contribution in [0, 0.1) is 11.3 Å². The average Bonchev–Trinajstić information content (AvgIpc) is 2.45. The summed E-state index contributed by atoms with van der Waals surface area (Å²) in [5, 5.41) is 9.08. The number of hydrogen-bond acceptors (Lipinski definition) is 3. The fourth-order valence-corrected chi connectivity index (χ4v) is 1.92. The van der Waals surface area contributed by atoms with Crippen molar-refractivity contribution in [1.29, 1.82) is 5.26 Å². The van der Waals surface area contributed by atoms with E-state index >= 15 is 0 Å². The number of benzene rings is 2. The Morgan fingerprint density at radius 3 is 2.32 bits per heavy atom. The van der Waals surface area contributed by atoms with E-state index in [4.69, 9.17) is 15.7 Å². The molecule has 0 bridgehead atoms. The molecule has 2 aromatic carbocycles. The first kappa shape index (κ1) is 13.1. The van der Waals surface area contributed by atoms with Crippen LogP contribution in [0.1, 0.15) is 24.2 Å². The van der Waals surface area contributed by atoms with Crippen molar-refractivity contribution in [3.63, 3.8) is 0 Å². The molecule has 2 atom stereocenters. The first-order chi connectivity index (χ1) is 9.22. The lowest BCUT2D eigenvalue weighted by molar-refractivity contribution is 0.180. The number of ether oxygens (including phenoxy) is 1. The zero-order chi connectivity index (χ0) is 13.7. The van der Waals surface area contributed by atoms with Gasteiger partial charge >= 0.3 is 0 Å². The SMILES string of the molecule is CC(N)C(Oc1ccccc1C#N)c1ccccc1. The van der Waals surface area contributed by atoms with Gasteiger partial charge in [-0.25, -0.2) is 0 Å². The smallest absolute Gasteiger partial charge is 0.139 e. The molecule has 0 fully saturated rings. The van der Waals surface area contributed by atoms with E-state index in [0.717, 1.165) is 5.56 Å². The lowest BCUT2D eigenvalue weighted by atomic mass is 10.0. The first-order valence-electron chi connectivity index (χ1n) is 6.18. The highest BCUT2D eigenvalue weighted by Gasteiger charge is 2.19. The molecule has 0 spiro atoms. The van der Waals surface area contributed by atoms with Gasteiger partial charge in [-0.2, -0.15) is 5.26 Å². The Kier molecular flexibility index (Phi) is 4.17. The van der Waals surface area contributed by atoms with Crippen molar-refractivity contribution in [3.8, 4) is 11.8 Å². The summed E-state index contributed by atoms with van der Waals surface area (Å²) in [6, 6.07) is 18.9. The molecule has 0 saturated carbocycles. The van der Waals surface area contributed by atoms with Crippen molar-refractivity contribution in [2.24, 2.45) is 5.73 Å². The quantitative estimate of drug-likeness (QED) is 0.909. The Bertz CT molecular complexity index is 573. The number of rotatable bonds is 4. The summed E-state index contributed by atoms with van der Waals surface area (Å²) < 4.78 is 5.94. The topological polar surface area (TPSA) is 59.0 Å². The van der Waals surface area contributed by atoms with Crippen LogP contribution in [0.25, 0.3) is 0 Å². The molecule has 0 amide bonds. The lowest BCUT2D eigenvalue weighted by Crippen LogP contribution is -2.29. The molecule has 0 saturated heterocycles. The maximum Gasteiger partial charge on any atom is 0.139 e. The summed E-state index contributed by atoms with van der Waals surface area (Å²) in [7, 11) is 0. The van der Waals surface area contributed by atoms with E-state index < -0.39 is 0 Å². The van der Waals surface area contributed by atoms with Crippen molar-refractivity contribution in [3.05, 3.63) is 65.7 Å². The standard InChI is InChI=1S/C16H16N2O/c1-12(18)16(13-7-3-2-4-8-13)19-15-10-6-5-9-14(15)11-17/h2-10,12,16H,18H2,1H3. The van der Waals surface area contributed by atoms with E-state index in [2.05, 4.69) is 6.07 Å². The van der Waals surface area contributed by atoms with Crippen LogP contribution in [-0.2, 0) is 0 Å². The Morgan fingerprint density at radius 2 is 1.68 bits per heavy atom. The molecule has 0 heterocycles. The third-order valence-electron chi connectivity index (χ3n) is 2.87. The van der Waals surface area contributed by atoms with Crippen molar-refractivity contribution >= 4 is 0 Å². The molecular weight excluding hydrogens is 236 g/mol. The van der Waals surface area contributed by atoms with Crippen LogP contribution in [0.5, 0.6) is 5.75 Å². The van der Waals surface area contributed by atoms with Gasteiger partial charge in [0.2, 0.25) is 0 Å². The summed E-state index contributed by atoms with van der Waals surface area (Å²) in [6.45, 7) is 1.90. The molecule has 0 aliphatic heterocycles. The fraction of sp³-hybridized carbons (Fsp3) is 0.188. The molecule has 2 rings (SSSR count). The van der Waals surface area contributed by atoms with E-state index in [1.807, 2.05) is 49.4 Å². The highest BCUT2D eigenvalue weighted by Crippen LogP contribution is 2.26. The molecule has 0 aromatic heterocycles. The van der Waals surface area contributed by atoms with Gasteiger partial charge in [0.15, 0.2) is 0 Å². The van der Waals surface area contributed by atoms with Crippen LogP contribution >= 0.6 is 0 Å². The molecule has 0 aliphatic carbocycles. The second-order valence-corrected chi connectivity index (χ2v) is 4.42. The summed E-state index contributed by atoms with van der Waals surface area (Å²) in [4.78, 5) is 0. The fourth-order valence-electron chi connectivity index (χ4n) is 1.92. The number of hydrogen-bond donors (Lipinski definition) is 1. The summed E-state index contributed by atoms with van der Waals surface area (Å²) in [6.07, 6.45) is -0.268. The van der Waals surface area contributed by atoms with Crippen LogP contribution in [-0.4, -0.2) is 6.04 Å². The number of nitrogens with zero attached hydrogens (tertiary/aromatic N) is 1. The van der Waals surface area contributed by atoms with Gasteiger partial charge < -0.3 is 10.5 Å². The Labute approximate surface area is 113 Å². The third kappa shape index (κ3) is 3.12. The number of nitriles is 1. The van der Waals surface area contributed by atoms with Gasteiger partial charge in [-0.3, -0.25) is 0 Å². The minimum Gasteiger partial charge on any atom is -0.483 e. The molecule has 0 aliphatic rings. The zero-order valence-electron chi connectivity index (χ0n) is 10.8. The minimum absolute atomic E-state index is 0.172. The van der Waals surface area contributed by atoms with Gasteiger partial charge in [0.25, 0.3) is 0 Å². The maximum atomic E-state index is 9.08. The zero-order valence-corrected chi connectivity index (χ0v) is 10.8. The van der Waals surface area contributed by atoms with Crippen LogP contribution in [0.3, 0.4) is 0 Å². The average molecular weight is 252 g/mol. The van der Waals surface area contributed by atoms with Gasteiger partial charge in [-0.1, -0.05) is 42.5 Å². The molecule has 2 N–H and O–H groups in total. The third-order valence-corrected chi connectivity index (χ3v) is 2.87. The van der Waals surface area contributed by atoms with Gasteiger partial charge in [0.1, 0.15) is 17.9 Å². The van der Waals surface area contributed by atoms with Crippen molar-refractivity contribution in [1.82, 2.24) is 0 Å². The highest BCUT2D eigenvalue weighted by atomic mass is 16.5. The second-order valence-electron chi connectivity index (χ2n) is 4.42. The molecule has 2 aromatic rings. The van der Waals surface area contributed by atoms with Gasteiger partial charge in [-0.05, 0) is 24.6 Å². The van der Waals surface area contributed by atoms with Crippen LogP contribution in [0.4, 0.5) is 0 Å². The lowest BCUT2D eigenvalue weighted by Gasteiger charge is -2.23. The highest BCUT2D eigenvalue weighted by molar-refractivity contribution is 5.43. The van der Waals surface area contributed by atoms with E-state index in [-0.39, 0.29) is 12.1 Å². The molecule has 3 heteroatoms. The van der Waals surface area contributed by atoms with Crippen molar-refractivity contribution in [2.75, 3.05) is 0 Å². The van der Waals surface area contributed by atoms with Crippen LogP contribution in [0.15, 0.2) is 54.6 Å². The maximum absolute atomic E-state index is 9.08. The number of para-hydroxylation sites is 1. The normalized spacial score (nSPS) is 13.3. The molecule has 0 radical (unpaired) electrons. The molecule has 19 heavy (non-hydrogen) atoms. The van der Waals surface area contributed by atoms with E-state index in [9.17, 15) is 0 Å². The largest absolute Gasteiger partial charge is 0.483 e. The van der Waals surface area contributed by atoms with Gasteiger partial charge in [0, 0.05) is 6.04 Å². The van der Waals surface area contributed by atoms with Crippen LogP contribution < -0.4 is 10.5 Å². The molecular formula is C16H16N2O. The molecule has 96 valence electrons. The van der Waals surface area contributed by atoms with E-state index in [0.29, 0.717) is 11.3 Å². The second kappa shape index (κ2) is 6.03. The molecule has 3 nitrogen and oxygen atoms in total. The first-order valence-corrected chi connectivity index (χ1v) is 6.18. The Hall–Kier alpha value is -2.31. The van der Waals surface area contributed by atoms with E-state index in [1.54, 1.807) is 12.1 Å². The predicted octanol–water partition coefficient (Wildman–Crippen LogP) is 3.03. The molecule has 2 unspecified atom stereocenters. The van der Waals surface area contributed by atoms with Crippen molar-refractivity contribution < 1.29 is 4.74 Å². The summed E-state index contributed by atoms with van der Waals surface area (Å²) in [5.41, 5.74) is 7.52. The summed E-state index contributed by atoms with van der Waals surface area (Å²) in [5.74, 6) is 0.566. The van der Waals surface area contributed by atoms with Gasteiger partial charge in [-0.15, -0.1) is 0 Å². The Morgan fingerprint density at radius 1 is 1.05 bits per heavy atom. The predicted molar refractivity (Wildman–Crippen MR) is 74.6 cm³/mol. The summed E-state index contributed by atoms with van der Waals surface area (Å²) >= 11 is 0. The minimum atomic E-state index is -0.268. The van der Waals surface area contributed by atoms with Crippen LogP contribution in [0.2, 0.25) is 0 Å².